The molecule has 0 aromatic carbocycles. The second-order valence-electron chi connectivity index (χ2n) is 2.91. The lowest BCUT2D eigenvalue weighted by Crippen LogP contribution is -2.33. The fourth-order valence-electron chi connectivity index (χ4n) is 0.865. The van der Waals surface area contributed by atoms with Crippen molar-refractivity contribution in [2.75, 3.05) is 13.2 Å². The summed E-state index contributed by atoms with van der Waals surface area (Å²) < 4.78 is 27.8. The first-order valence-corrected chi connectivity index (χ1v) is 4.71. The third-order valence-corrected chi connectivity index (χ3v) is 1.66. The zero-order valence-corrected chi connectivity index (χ0v) is 8.63. The molecule has 86 valence electrons. The molecule has 0 aromatic rings. The van der Waals surface area contributed by atoms with E-state index in [4.69, 9.17) is 6.42 Å². The smallest absolute Gasteiger partial charge is 0.261 e. The summed E-state index contributed by atoms with van der Waals surface area (Å²) in [6.45, 7) is 1.19. The molecule has 3 nitrogen and oxygen atoms in total. The van der Waals surface area contributed by atoms with Crippen LogP contribution in [0.25, 0.3) is 0 Å². The Hall–Kier alpha value is -1.15. The second kappa shape index (κ2) is 8.18. The summed E-state index contributed by atoms with van der Waals surface area (Å²) in [6.07, 6.45) is 3.32. The van der Waals surface area contributed by atoms with E-state index in [2.05, 4.69) is 16.0 Å². The maximum atomic E-state index is 11.6. The highest BCUT2D eigenvalue weighted by Gasteiger charge is 2.08. The molecule has 0 aliphatic carbocycles. The molecule has 0 rings (SSSR count). The van der Waals surface area contributed by atoms with Gasteiger partial charge in [-0.1, -0.05) is 12.8 Å². The second-order valence-corrected chi connectivity index (χ2v) is 2.91. The minimum Gasteiger partial charge on any atom is -0.375 e. The number of carbonyl (C=O) groups is 1. The van der Waals surface area contributed by atoms with Crippen molar-refractivity contribution >= 4 is 5.91 Å². The standard InChI is InChI=1S/C10H15F2NO2/c1-3-8(4-2)13-10(14)5-6-15-7-9(11)12/h1,8-9H,4-7H2,2H3,(H,13,14). The SMILES string of the molecule is C#CC(CC)NC(=O)CCOCC(F)F. The number of terminal acetylenes is 1. The number of ether oxygens (including phenoxy) is 1. The first-order valence-electron chi connectivity index (χ1n) is 4.71. The van der Waals surface area contributed by atoms with Crippen LogP contribution < -0.4 is 5.32 Å². The zero-order valence-electron chi connectivity index (χ0n) is 8.63. The van der Waals surface area contributed by atoms with Crippen LogP contribution >= 0.6 is 0 Å². The lowest BCUT2D eigenvalue weighted by Gasteiger charge is -2.10. The van der Waals surface area contributed by atoms with Crippen molar-refractivity contribution < 1.29 is 18.3 Å². The van der Waals surface area contributed by atoms with Gasteiger partial charge in [-0.25, -0.2) is 8.78 Å². The van der Waals surface area contributed by atoms with E-state index >= 15 is 0 Å². The van der Waals surface area contributed by atoms with Crippen molar-refractivity contribution in [1.29, 1.82) is 0 Å². The normalized spacial score (nSPS) is 12.2. The van der Waals surface area contributed by atoms with Gasteiger partial charge < -0.3 is 10.1 Å². The molecule has 1 amide bonds. The van der Waals surface area contributed by atoms with Gasteiger partial charge in [-0.15, -0.1) is 6.42 Å². The molecule has 0 heterocycles. The summed E-state index contributed by atoms with van der Waals surface area (Å²) >= 11 is 0. The van der Waals surface area contributed by atoms with Crippen LogP contribution in [0.4, 0.5) is 8.78 Å². The molecule has 1 unspecified atom stereocenters. The first kappa shape index (κ1) is 13.8. The highest BCUT2D eigenvalue weighted by molar-refractivity contribution is 5.76. The van der Waals surface area contributed by atoms with E-state index in [1.54, 1.807) is 0 Å². The van der Waals surface area contributed by atoms with Gasteiger partial charge in [0.1, 0.15) is 6.61 Å². The quantitative estimate of drug-likeness (QED) is 0.516. The zero-order chi connectivity index (χ0) is 11.7. The van der Waals surface area contributed by atoms with Gasteiger partial charge in [0.15, 0.2) is 0 Å². The molecular formula is C10H15F2NO2. The Balaban J connectivity index is 3.54. The van der Waals surface area contributed by atoms with E-state index in [0.29, 0.717) is 6.42 Å². The Morgan fingerprint density at radius 1 is 1.60 bits per heavy atom. The topological polar surface area (TPSA) is 38.3 Å². The van der Waals surface area contributed by atoms with Crippen molar-refractivity contribution in [1.82, 2.24) is 5.32 Å². The summed E-state index contributed by atoms with van der Waals surface area (Å²) in [5.74, 6) is 2.12. The van der Waals surface area contributed by atoms with Crippen LogP contribution in [-0.2, 0) is 9.53 Å². The van der Waals surface area contributed by atoms with Gasteiger partial charge in [-0.2, -0.15) is 0 Å². The van der Waals surface area contributed by atoms with E-state index in [1.807, 2.05) is 6.92 Å². The molecule has 0 aromatic heterocycles. The fraction of sp³-hybridized carbons (Fsp3) is 0.700. The molecule has 15 heavy (non-hydrogen) atoms. The molecule has 1 N–H and O–H groups in total. The maximum Gasteiger partial charge on any atom is 0.261 e. The molecule has 0 aliphatic rings. The van der Waals surface area contributed by atoms with Gasteiger partial charge in [0.2, 0.25) is 5.91 Å². The Bertz CT molecular complexity index is 226. The Morgan fingerprint density at radius 2 is 2.27 bits per heavy atom. The highest BCUT2D eigenvalue weighted by Crippen LogP contribution is 1.94. The fourth-order valence-corrected chi connectivity index (χ4v) is 0.865. The number of carbonyl (C=O) groups excluding carboxylic acids is 1. The monoisotopic (exact) mass is 219 g/mol. The van der Waals surface area contributed by atoms with Gasteiger partial charge in [-0.3, -0.25) is 4.79 Å². The highest BCUT2D eigenvalue weighted by atomic mass is 19.3. The average Bonchev–Trinajstić information content (AvgIpc) is 2.20. The Kier molecular flexibility index (Phi) is 7.56. The van der Waals surface area contributed by atoms with Crippen LogP contribution in [0.5, 0.6) is 0 Å². The number of hydrogen-bond acceptors (Lipinski definition) is 2. The van der Waals surface area contributed by atoms with E-state index in [9.17, 15) is 13.6 Å². The Labute approximate surface area is 88.2 Å². The van der Waals surface area contributed by atoms with Crippen LogP contribution in [0.3, 0.4) is 0 Å². The van der Waals surface area contributed by atoms with Gasteiger partial charge >= 0.3 is 0 Å². The largest absolute Gasteiger partial charge is 0.375 e. The predicted molar refractivity (Wildman–Crippen MR) is 52.5 cm³/mol. The van der Waals surface area contributed by atoms with Crippen LogP contribution in [0, 0.1) is 12.3 Å². The van der Waals surface area contributed by atoms with Crippen molar-refractivity contribution in [2.24, 2.45) is 0 Å². The molecule has 1 atom stereocenters. The molecular weight excluding hydrogens is 204 g/mol. The van der Waals surface area contributed by atoms with E-state index < -0.39 is 13.0 Å². The minimum absolute atomic E-state index is 0.0167. The van der Waals surface area contributed by atoms with E-state index in [0.717, 1.165) is 0 Å². The van der Waals surface area contributed by atoms with Crippen molar-refractivity contribution in [3.63, 3.8) is 0 Å². The average molecular weight is 219 g/mol. The van der Waals surface area contributed by atoms with Crippen LogP contribution in [-0.4, -0.2) is 31.6 Å². The summed E-state index contributed by atoms with van der Waals surface area (Å²) in [5, 5.41) is 2.56. The first-order chi connectivity index (χ1) is 7.10. The number of alkyl halides is 2. The van der Waals surface area contributed by atoms with Crippen molar-refractivity contribution in [3.8, 4) is 12.3 Å². The third-order valence-electron chi connectivity index (χ3n) is 1.66. The lowest BCUT2D eigenvalue weighted by atomic mass is 10.2. The van der Waals surface area contributed by atoms with Crippen molar-refractivity contribution in [2.45, 2.75) is 32.2 Å². The maximum absolute atomic E-state index is 11.6. The molecule has 0 saturated heterocycles. The van der Waals surface area contributed by atoms with E-state index in [-0.39, 0.29) is 25.0 Å². The van der Waals surface area contributed by atoms with Gasteiger partial charge in [0.05, 0.1) is 12.6 Å². The number of hydrogen-bond donors (Lipinski definition) is 1. The number of nitrogens with one attached hydrogen (secondary N) is 1. The Morgan fingerprint density at radius 3 is 2.73 bits per heavy atom. The van der Waals surface area contributed by atoms with Crippen LogP contribution in [0.2, 0.25) is 0 Å². The third kappa shape index (κ3) is 7.89. The number of halogens is 2. The molecule has 5 heteroatoms. The molecule has 0 saturated carbocycles. The van der Waals surface area contributed by atoms with Gasteiger partial charge in [-0.05, 0) is 6.42 Å². The van der Waals surface area contributed by atoms with Crippen LogP contribution in [0.15, 0.2) is 0 Å². The molecule has 0 radical (unpaired) electrons. The predicted octanol–water partition coefficient (Wildman–Crippen LogP) is 1.19. The summed E-state index contributed by atoms with van der Waals surface area (Å²) in [7, 11) is 0. The van der Waals surface area contributed by atoms with Crippen LogP contribution in [0.1, 0.15) is 19.8 Å². The van der Waals surface area contributed by atoms with Gasteiger partial charge in [0.25, 0.3) is 6.43 Å². The summed E-state index contributed by atoms with van der Waals surface area (Å²) in [4.78, 5) is 11.1. The summed E-state index contributed by atoms with van der Waals surface area (Å²) in [5.41, 5.74) is 0. The molecule has 0 bridgehead atoms. The molecule has 0 fully saturated rings. The molecule has 0 spiro atoms. The van der Waals surface area contributed by atoms with Gasteiger partial charge in [0, 0.05) is 6.42 Å². The minimum atomic E-state index is -2.50. The van der Waals surface area contributed by atoms with E-state index in [1.165, 1.54) is 0 Å². The van der Waals surface area contributed by atoms with Crippen molar-refractivity contribution in [3.05, 3.63) is 0 Å². The number of amides is 1. The lowest BCUT2D eigenvalue weighted by molar-refractivity contribution is -0.123. The molecule has 0 aliphatic heterocycles. The summed E-state index contributed by atoms with van der Waals surface area (Å²) in [6, 6.07) is -0.299. The number of rotatable bonds is 7.